The Kier molecular flexibility index (Phi) is 13.5. The van der Waals surface area contributed by atoms with Crippen molar-refractivity contribution < 1.29 is 33.8 Å². The SMILES string of the molecule is CC(C)C[C@@H]1OC(=O)[C@H](C)CNC(=O)[C@@H](Cc2cc(Cl)c(O)c(Cl)c2)NC(=O)/C=C/C[C@@H]([C@H](C)/C=C/c2ccccc2)OC1=O. The van der Waals surface area contributed by atoms with E-state index in [-0.39, 0.29) is 53.4 Å². The number of esters is 2. The maximum absolute atomic E-state index is 13.4. The molecule has 0 unspecified atom stereocenters. The summed E-state index contributed by atoms with van der Waals surface area (Å²) in [7, 11) is 0. The minimum Gasteiger partial charge on any atom is -0.505 e. The summed E-state index contributed by atoms with van der Waals surface area (Å²) in [5.74, 6) is -3.79. The molecule has 1 aliphatic heterocycles. The number of carbonyl (C=O) groups is 4. The Bertz CT molecular complexity index is 1390. The van der Waals surface area contributed by atoms with Crippen LogP contribution in [0.5, 0.6) is 5.75 Å². The molecule has 2 aromatic rings. The molecule has 1 aliphatic rings. The van der Waals surface area contributed by atoms with E-state index in [4.69, 9.17) is 32.7 Å². The summed E-state index contributed by atoms with van der Waals surface area (Å²) in [4.78, 5) is 52.6. The van der Waals surface area contributed by atoms with E-state index in [1.807, 2.05) is 63.3 Å². The number of rotatable bonds is 7. The molecular formula is C34H40Cl2N2O7. The van der Waals surface area contributed by atoms with Gasteiger partial charge < -0.3 is 25.2 Å². The second kappa shape index (κ2) is 17.0. The zero-order valence-corrected chi connectivity index (χ0v) is 27.3. The number of carbonyl (C=O) groups excluding carboxylic acids is 4. The quantitative estimate of drug-likeness (QED) is 0.327. The van der Waals surface area contributed by atoms with Crippen LogP contribution in [-0.2, 0) is 35.1 Å². The average molecular weight is 660 g/mol. The van der Waals surface area contributed by atoms with E-state index >= 15 is 0 Å². The van der Waals surface area contributed by atoms with Gasteiger partial charge >= 0.3 is 11.9 Å². The average Bonchev–Trinajstić information content (AvgIpc) is 2.99. The van der Waals surface area contributed by atoms with Crippen LogP contribution in [0.15, 0.2) is 60.7 Å². The molecule has 45 heavy (non-hydrogen) atoms. The van der Waals surface area contributed by atoms with E-state index in [9.17, 15) is 24.3 Å². The van der Waals surface area contributed by atoms with Gasteiger partial charge in [-0.1, -0.05) is 99.5 Å². The van der Waals surface area contributed by atoms with Gasteiger partial charge in [0.05, 0.1) is 16.0 Å². The number of ether oxygens (including phenoxy) is 2. The number of amides is 2. The molecule has 0 saturated heterocycles. The highest BCUT2D eigenvalue weighted by atomic mass is 35.5. The summed E-state index contributed by atoms with van der Waals surface area (Å²) in [6.45, 7) is 7.16. The summed E-state index contributed by atoms with van der Waals surface area (Å²) < 4.78 is 11.6. The number of hydrogen-bond donors (Lipinski definition) is 3. The van der Waals surface area contributed by atoms with Gasteiger partial charge in [-0.25, -0.2) is 4.79 Å². The van der Waals surface area contributed by atoms with Gasteiger partial charge in [0, 0.05) is 25.3 Å². The van der Waals surface area contributed by atoms with Crippen LogP contribution in [0, 0.1) is 17.8 Å². The van der Waals surface area contributed by atoms with Gasteiger partial charge in [-0.15, -0.1) is 0 Å². The third-order valence-electron chi connectivity index (χ3n) is 7.22. The second-order valence-electron chi connectivity index (χ2n) is 11.6. The molecule has 0 saturated carbocycles. The first-order valence-electron chi connectivity index (χ1n) is 14.9. The molecule has 242 valence electrons. The first-order valence-corrected chi connectivity index (χ1v) is 15.7. The standard InChI is InChI=1S/C34H40Cl2N2O7/c1-20(2)15-29-34(43)44-28(21(3)13-14-23-9-6-5-7-10-23)11-8-12-30(39)38-27(32(41)37-19-22(4)33(42)45-29)18-24-16-25(35)31(40)26(36)17-24/h5-10,12-14,16-17,20-22,27-29,40H,11,15,18-19H2,1-4H3,(H,37,41)(H,38,39)/b12-8+,14-13+/t21-,22-,27-,28+,29+/m1/s1. The van der Waals surface area contributed by atoms with Crippen LogP contribution in [0.4, 0.5) is 0 Å². The third-order valence-corrected chi connectivity index (χ3v) is 7.80. The molecular weight excluding hydrogens is 619 g/mol. The summed E-state index contributed by atoms with van der Waals surface area (Å²) >= 11 is 12.1. The zero-order valence-electron chi connectivity index (χ0n) is 25.8. The van der Waals surface area contributed by atoms with Crippen molar-refractivity contribution in [2.75, 3.05) is 6.54 Å². The number of phenolic OH excluding ortho intramolecular Hbond substituents is 1. The summed E-state index contributed by atoms with van der Waals surface area (Å²) in [6.07, 6.45) is 5.31. The molecule has 3 rings (SSSR count). The Labute approximate surface area is 274 Å². The predicted molar refractivity (Wildman–Crippen MR) is 174 cm³/mol. The lowest BCUT2D eigenvalue weighted by atomic mass is 9.99. The van der Waals surface area contributed by atoms with E-state index in [1.54, 1.807) is 13.0 Å². The summed E-state index contributed by atoms with van der Waals surface area (Å²) in [6, 6.07) is 11.5. The number of phenols is 1. The van der Waals surface area contributed by atoms with Gasteiger partial charge in [0.2, 0.25) is 11.8 Å². The number of nitrogens with one attached hydrogen (secondary N) is 2. The smallest absolute Gasteiger partial charge is 0.347 e. The third kappa shape index (κ3) is 11.2. The lowest BCUT2D eigenvalue weighted by Gasteiger charge is -2.26. The largest absolute Gasteiger partial charge is 0.505 e. The number of aromatic hydroxyl groups is 1. The van der Waals surface area contributed by atoms with E-state index in [0.29, 0.717) is 5.56 Å². The normalized spacial score (nSPS) is 23.6. The maximum Gasteiger partial charge on any atom is 0.347 e. The van der Waals surface area contributed by atoms with Crippen molar-refractivity contribution in [3.05, 3.63) is 81.9 Å². The molecule has 1 heterocycles. The van der Waals surface area contributed by atoms with Gasteiger partial charge in [-0.3, -0.25) is 14.4 Å². The van der Waals surface area contributed by atoms with Crippen molar-refractivity contribution in [3.8, 4) is 5.75 Å². The number of hydrogen-bond acceptors (Lipinski definition) is 7. The van der Waals surface area contributed by atoms with Crippen molar-refractivity contribution in [2.24, 2.45) is 17.8 Å². The molecule has 0 radical (unpaired) electrons. The van der Waals surface area contributed by atoms with Crippen LogP contribution >= 0.6 is 23.2 Å². The molecule has 2 amide bonds. The van der Waals surface area contributed by atoms with Gasteiger partial charge in [0.25, 0.3) is 0 Å². The monoisotopic (exact) mass is 658 g/mol. The molecule has 0 spiro atoms. The Morgan fingerprint density at radius 3 is 2.31 bits per heavy atom. The van der Waals surface area contributed by atoms with Gasteiger partial charge in [-0.05, 0) is 41.7 Å². The molecule has 2 aromatic carbocycles. The van der Waals surface area contributed by atoms with Crippen LogP contribution < -0.4 is 10.6 Å². The van der Waals surface area contributed by atoms with Crippen LogP contribution in [-0.4, -0.2) is 53.7 Å². The second-order valence-corrected chi connectivity index (χ2v) is 12.4. The lowest BCUT2D eigenvalue weighted by molar-refractivity contribution is -0.175. The Morgan fingerprint density at radius 2 is 1.67 bits per heavy atom. The van der Waals surface area contributed by atoms with Crippen molar-refractivity contribution in [2.45, 2.75) is 65.2 Å². The van der Waals surface area contributed by atoms with Gasteiger partial charge in [0.1, 0.15) is 12.1 Å². The molecule has 0 aromatic heterocycles. The molecule has 5 atom stereocenters. The van der Waals surface area contributed by atoms with Crippen molar-refractivity contribution in [1.29, 1.82) is 0 Å². The highest BCUT2D eigenvalue weighted by Gasteiger charge is 2.32. The molecule has 0 fully saturated rings. The van der Waals surface area contributed by atoms with Crippen molar-refractivity contribution >= 4 is 53.0 Å². The van der Waals surface area contributed by atoms with E-state index < -0.39 is 47.9 Å². The molecule has 11 heteroatoms. The summed E-state index contributed by atoms with van der Waals surface area (Å²) in [5.41, 5.74) is 1.47. The first kappa shape index (κ1) is 35.7. The number of benzene rings is 2. The van der Waals surface area contributed by atoms with Crippen LogP contribution in [0.1, 0.15) is 51.7 Å². The molecule has 9 nitrogen and oxygen atoms in total. The molecule has 0 aliphatic carbocycles. The van der Waals surface area contributed by atoms with E-state index in [2.05, 4.69) is 10.6 Å². The van der Waals surface area contributed by atoms with Crippen LogP contribution in [0.3, 0.4) is 0 Å². The van der Waals surface area contributed by atoms with Gasteiger partial charge in [-0.2, -0.15) is 0 Å². The van der Waals surface area contributed by atoms with Crippen molar-refractivity contribution in [3.63, 3.8) is 0 Å². The molecule has 0 bridgehead atoms. The fourth-order valence-electron chi connectivity index (χ4n) is 4.59. The Morgan fingerprint density at radius 1 is 1.00 bits per heavy atom. The van der Waals surface area contributed by atoms with E-state index in [1.165, 1.54) is 18.2 Å². The zero-order chi connectivity index (χ0) is 33.1. The van der Waals surface area contributed by atoms with Gasteiger partial charge in [0.15, 0.2) is 11.9 Å². The van der Waals surface area contributed by atoms with Crippen LogP contribution in [0.25, 0.3) is 6.08 Å². The number of halogens is 2. The predicted octanol–water partition coefficient (Wildman–Crippen LogP) is 5.66. The minimum absolute atomic E-state index is 0.000629. The lowest BCUT2D eigenvalue weighted by Crippen LogP contribution is -2.49. The maximum atomic E-state index is 13.4. The molecule has 3 N–H and O–H groups in total. The topological polar surface area (TPSA) is 131 Å². The van der Waals surface area contributed by atoms with Crippen molar-refractivity contribution in [1.82, 2.24) is 10.6 Å². The highest BCUT2D eigenvalue weighted by Crippen LogP contribution is 2.33. The fraction of sp³-hybridized carbons (Fsp3) is 0.412. The fourth-order valence-corrected chi connectivity index (χ4v) is 5.13. The first-order chi connectivity index (χ1) is 21.3. The van der Waals surface area contributed by atoms with Crippen LogP contribution in [0.2, 0.25) is 10.0 Å². The highest BCUT2D eigenvalue weighted by molar-refractivity contribution is 6.37. The minimum atomic E-state index is -1.14. The Balaban J connectivity index is 1.91. The number of cyclic esters (lactones) is 2. The summed E-state index contributed by atoms with van der Waals surface area (Å²) in [5, 5.41) is 15.3. The van der Waals surface area contributed by atoms with E-state index in [0.717, 1.165) is 5.56 Å². The Hall–Kier alpha value is -3.82.